The first-order chi connectivity index (χ1) is 15.8. The summed E-state index contributed by atoms with van der Waals surface area (Å²) < 4.78 is 47.8. The minimum Gasteiger partial charge on any atom is -0.495 e. The average Bonchev–Trinajstić information content (AvgIpc) is 3.15. The van der Waals surface area contributed by atoms with Crippen LogP contribution in [0.25, 0.3) is 11.3 Å². The van der Waals surface area contributed by atoms with Crippen molar-refractivity contribution < 1.29 is 31.9 Å². The molecule has 0 bridgehead atoms. The molecule has 1 N–H and O–H groups in total. The van der Waals surface area contributed by atoms with Crippen molar-refractivity contribution in [3.63, 3.8) is 0 Å². The van der Waals surface area contributed by atoms with E-state index in [1.54, 1.807) is 30.3 Å². The van der Waals surface area contributed by atoms with Gasteiger partial charge in [-0.15, -0.1) is 0 Å². The highest BCUT2D eigenvalue weighted by Crippen LogP contribution is 2.34. The largest absolute Gasteiger partial charge is 0.495 e. The zero-order valence-corrected chi connectivity index (χ0v) is 19.3. The van der Waals surface area contributed by atoms with Crippen LogP contribution in [0.15, 0.2) is 45.8 Å². The van der Waals surface area contributed by atoms with Gasteiger partial charge in [-0.2, -0.15) is 0 Å². The summed E-state index contributed by atoms with van der Waals surface area (Å²) >= 11 is 0. The Balaban J connectivity index is 1.49. The summed E-state index contributed by atoms with van der Waals surface area (Å²) in [5.74, 6) is 0.990. The fraction of sp³-hybridized carbons (Fsp3) is 0.304. The van der Waals surface area contributed by atoms with Gasteiger partial charge in [-0.3, -0.25) is 4.79 Å². The number of nitrogens with zero attached hydrogens (tertiary/aromatic N) is 1. The normalized spacial score (nSPS) is 12.9. The van der Waals surface area contributed by atoms with Gasteiger partial charge in [0.15, 0.2) is 27.1 Å². The van der Waals surface area contributed by atoms with Crippen molar-refractivity contribution in [3.8, 4) is 28.6 Å². The van der Waals surface area contributed by atoms with E-state index in [1.807, 2.05) is 13.8 Å². The number of anilines is 1. The molecule has 10 heteroatoms. The molecule has 1 amide bonds. The third-order valence-corrected chi connectivity index (χ3v) is 7.07. The lowest BCUT2D eigenvalue weighted by atomic mass is 10.1. The molecule has 33 heavy (non-hydrogen) atoms. The van der Waals surface area contributed by atoms with Crippen molar-refractivity contribution in [2.75, 3.05) is 31.4 Å². The number of rotatable bonds is 7. The van der Waals surface area contributed by atoms with Gasteiger partial charge in [0, 0.05) is 29.3 Å². The molecule has 3 aromatic rings. The van der Waals surface area contributed by atoms with Crippen LogP contribution in [0.4, 0.5) is 5.69 Å². The zero-order valence-electron chi connectivity index (χ0n) is 18.5. The maximum Gasteiger partial charge on any atom is 0.225 e. The van der Waals surface area contributed by atoms with Gasteiger partial charge in [0.1, 0.15) is 23.9 Å². The molecule has 0 atom stereocenters. The van der Waals surface area contributed by atoms with Gasteiger partial charge in [0.25, 0.3) is 0 Å². The molecule has 9 nitrogen and oxygen atoms in total. The van der Waals surface area contributed by atoms with Gasteiger partial charge >= 0.3 is 0 Å². The Morgan fingerprint density at radius 2 is 1.85 bits per heavy atom. The molecule has 0 spiro atoms. The summed E-state index contributed by atoms with van der Waals surface area (Å²) in [7, 11) is -2.44. The van der Waals surface area contributed by atoms with Gasteiger partial charge in [-0.1, -0.05) is 5.16 Å². The molecule has 174 valence electrons. The molecule has 0 unspecified atom stereocenters. The highest BCUT2D eigenvalue weighted by molar-refractivity contribution is 7.91. The Morgan fingerprint density at radius 3 is 2.55 bits per heavy atom. The first-order valence-corrected chi connectivity index (χ1v) is 12.0. The topological polar surface area (TPSA) is 117 Å². The molecule has 0 saturated heterocycles. The molecular weight excluding hydrogens is 448 g/mol. The molecule has 0 radical (unpaired) electrons. The Morgan fingerprint density at radius 1 is 1.09 bits per heavy atom. The number of carbonyl (C=O) groups excluding carboxylic acids is 1. The van der Waals surface area contributed by atoms with Crippen molar-refractivity contribution in [2.45, 2.75) is 25.2 Å². The van der Waals surface area contributed by atoms with Crippen LogP contribution in [0.5, 0.6) is 17.2 Å². The summed E-state index contributed by atoms with van der Waals surface area (Å²) in [6, 6.07) is 9.78. The number of nitrogens with one attached hydrogen (secondary N) is 1. The number of methoxy groups -OCH3 is 1. The summed E-state index contributed by atoms with van der Waals surface area (Å²) in [6.07, 6.45) is -0.232. The highest BCUT2D eigenvalue weighted by atomic mass is 32.2. The second-order valence-corrected chi connectivity index (χ2v) is 9.64. The summed E-state index contributed by atoms with van der Waals surface area (Å²) in [5.41, 5.74) is 2.61. The number of sulfone groups is 1. The summed E-state index contributed by atoms with van der Waals surface area (Å²) in [4.78, 5) is 12.4. The molecule has 0 saturated carbocycles. The van der Waals surface area contributed by atoms with Crippen molar-refractivity contribution >= 4 is 21.4 Å². The molecular formula is C23H24N2O7S. The predicted molar refractivity (Wildman–Crippen MR) is 121 cm³/mol. The van der Waals surface area contributed by atoms with E-state index >= 15 is 0 Å². The summed E-state index contributed by atoms with van der Waals surface area (Å²) in [5, 5.41) is 6.63. The van der Waals surface area contributed by atoms with E-state index in [9.17, 15) is 13.2 Å². The van der Waals surface area contributed by atoms with E-state index in [2.05, 4.69) is 10.5 Å². The standard InChI is InChI=1S/C23H24N2O7S/c1-14-15(2)25-32-23(14)16-4-6-19(29-3)21(12-16)33(27,28)11-8-22(26)24-17-5-7-18-20(13-17)31-10-9-30-18/h4-7,12-13H,8-11H2,1-3H3,(H,24,26). The number of benzene rings is 2. The smallest absolute Gasteiger partial charge is 0.225 e. The predicted octanol–water partition coefficient (Wildman–Crippen LogP) is 3.54. The number of aromatic nitrogens is 1. The van der Waals surface area contributed by atoms with Crippen LogP contribution < -0.4 is 19.5 Å². The number of fused-ring (bicyclic) bond motifs is 1. The van der Waals surface area contributed by atoms with E-state index in [-0.39, 0.29) is 17.1 Å². The SMILES string of the molecule is COc1ccc(-c2onc(C)c2C)cc1S(=O)(=O)CCC(=O)Nc1ccc2c(c1)OCCO2. The molecule has 2 heterocycles. The molecule has 0 aliphatic carbocycles. The maximum absolute atomic E-state index is 13.1. The van der Waals surface area contributed by atoms with Crippen LogP contribution in [-0.4, -0.2) is 45.6 Å². The van der Waals surface area contributed by atoms with E-state index < -0.39 is 21.5 Å². The van der Waals surface area contributed by atoms with Gasteiger partial charge < -0.3 is 24.1 Å². The second-order valence-electron chi connectivity index (χ2n) is 7.56. The number of carbonyl (C=O) groups is 1. The molecule has 4 rings (SSSR count). The highest BCUT2D eigenvalue weighted by Gasteiger charge is 2.24. The number of hydrogen-bond donors (Lipinski definition) is 1. The zero-order chi connectivity index (χ0) is 23.6. The van der Waals surface area contributed by atoms with Crippen molar-refractivity contribution in [1.82, 2.24) is 5.16 Å². The molecule has 1 aliphatic heterocycles. The molecule has 1 aromatic heterocycles. The Bertz CT molecular complexity index is 1300. The molecule has 2 aromatic carbocycles. The lowest BCUT2D eigenvalue weighted by Gasteiger charge is -2.19. The van der Waals surface area contributed by atoms with Crippen molar-refractivity contribution in [3.05, 3.63) is 47.7 Å². The first kappa shape index (κ1) is 22.7. The first-order valence-electron chi connectivity index (χ1n) is 10.3. The van der Waals surface area contributed by atoms with Crippen molar-refractivity contribution in [2.24, 2.45) is 0 Å². The van der Waals surface area contributed by atoms with E-state index in [1.165, 1.54) is 13.2 Å². The van der Waals surface area contributed by atoms with Crippen LogP contribution in [0.1, 0.15) is 17.7 Å². The number of hydrogen-bond acceptors (Lipinski definition) is 8. The van der Waals surface area contributed by atoms with Crippen LogP contribution in [-0.2, 0) is 14.6 Å². The molecule has 0 fully saturated rings. The Kier molecular flexibility index (Phi) is 6.28. The van der Waals surface area contributed by atoms with Gasteiger partial charge in [-0.05, 0) is 44.2 Å². The molecule has 1 aliphatic rings. The van der Waals surface area contributed by atoms with Crippen molar-refractivity contribution in [1.29, 1.82) is 0 Å². The number of aryl methyl sites for hydroxylation is 1. The maximum atomic E-state index is 13.1. The number of amides is 1. The van der Waals surface area contributed by atoms with Gasteiger partial charge in [0.05, 0.1) is 18.6 Å². The Labute approximate surface area is 191 Å². The fourth-order valence-electron chi connectivity index (χ4n) is 3.43. The summed E-state index contributed by atoms with van der Waals surface area (Å²) in [6.45, 7) is 4.55. The number of ether oxygens (including phenoxy) is 3. The van der Waals surface area contributed by atoms with Gasteiger partial charge in [-0.25, -0.2) is 8.42 Å². The van der Waals surface area contributed by atoms with E-state index in [0.29, 0.717) is 41.7 Å². The second kappa shape index (κ2) is 9.14. The minimum atomic E-state index is -3.83. The van der Waals surface area contributed by atoms with Crippen LogP contribution in [0, 0.1) is 13.8 Å². The third kappa shape index (κ3) is 4.80. The monoisotopic (exact) mass is 472 g/mol. The van der Waals surface area contributed by atoms with E-state index in [0.717, 1.165) is 11.3 Å². The minimum absolute atomic E-state index is 0.0110. The lowest BCUT2D eigenvalue weighted by Crippen LogP contribution is -2.19. The average molecular weight is 473 g/mol. The fourth-order valence-corrected chi connectivity index (χ4v) is 4.87. The third-order valence-electron chi connectivity index (χ3n) is 5.34. The quantitative estimate of drug-likeness (QED) is 0.555. The lowest BCUT2D eigenvalue weighted by molar-refractivity contribution is -0.115. The van der Waals surface area contributed by atoms with Gasteiger partial charge in [0.2, 0.25) is 5.91 Å². The van der Waals surface area contributed by atoms with E-state index in [4.69, 9.17) is 18.7 Å². The van der Waals surface area contributed by atoms with Crippen LogP contribution in [0.2, 0.25) is 0 Å². The van der Waals surface area contributed by atoms with Crippen LogP contribution >= 0.6 is 0 Å². The Hall–Kier alpha value is -3.53. The van der Waals surface area contributed by atoms with Crippen LogP contribution in [0.3, 0.4) is 0 Å².